The van der Waals surface area contributed by atoms with Crippen LogP contribution in [-0.4, -0.2) is 23.0 Å². The molecule has 276 valence electrons. The summed E-state index contributed by atoms with van der Waals surface area (Å²) < 4.78 is 31.1. The normalized spacial score (nSPS) is 16.1. The van der Waals surface area contributed by atoms with Crippen LogP contribution in [0.4, 0.5) is 0 Å². The molecule has 7 aromatic carbocycles. The lowest BCUT2D eigenvalue weighted by Crippen LogP contribution is -2.29. The highest BCUT2D eigenvalue weighted by Gasteiger charge is 2.51. The predicted molar refractivity (Wildman–Crippen MR) is 234 cm³/mol. The van der Waals surface area contributed by atoms with Gasteiger partial charge < -0.3 is 0 Å². The van der Waals surface area contributed by atoms with Crippen LogP contribution in [0.5, 0.6) is 0 Å². The second-order valence-electron chi connectivity index (χ2n) is 15.7. The maximum Gasteiger partial charge on any atom is 0.207 e. The standard InChI is InChI=1S/C53H31N3O2S/c57-59(58)49-20-8-5-16-39(49)43-30-41-37-15-4-7-19-45(37)53(47(41)31-50(43)59)44-18-6-3-14-36(44)34-12-1-2-13-35(34)38-24-22-33(29-46(38)53)32-23-25-48-42(28-32)40-17-11-27-55-52(40)56(48)51-21-9-10-26-54-51/h1-31H. The highest BCUT2D eigenvalue weighted by molar-refractivity contribution is 7.92. The molecule has 0 saturated carbocycles. The molecule has 5 nitrogen and oxygen atoms in total. The van der Waals surface area contributed by atoms with E-state index in [9.17, 15) is 8.42 Å². The SMILES string of the molecule is O=S1(=O)c2ccccc2-c2cc3c(cc21)C1(c2ccccc2-c2ccccc2-c2ccc(-c4ccc5c(c4)c4cccnc4n5-c4ccccn4)cc21)c1ccccc1-3. The minimum Gasteiger partial charge on any atom is -0.278 e. The molecule has 0 fully saturated rings. The molecule has 3 aromatic heterocycles. The molecule has 2 aliphatic carbocycles. The van der Waals surface area contributed by atoms with E-state index >= 15 is 0 Å². The molecule has 0 saturated heterocycles. The Morgan fingerprint density at radius 2 is 1.02 bits per heavy atom. The van der Waals surface area contributed by atoms with Crippen LogP contribution in [0.2, 0.25) is 0 Å². The maximum atomic E-state index is 14.5. The number of fused-ring (bicyclic) bond motifs is 18. The van der Waals surface area contributed by atoms with Crippen molar-refractivity contribution >= 4 is 31.8 Å². The molecule has 4 heterocycles. The summed E-state index contributed by atoms with van der Waals surface area (Å²) in [6, 6.07) is 61.2. The second-order valence-corrected chi connectivity index (χ2v) is 17.6. The van der Waals surface area contributed by atoms with Crippen LogP contribution in [0.15, 0.2) is 198 Å². The van der Waals surface area contributed by atoms with E-state index in [1.165, 1.54) is 0 Å². The molecule has 0 radical (unpaired) electrons. The van der Waals surface area contributed by atoms with Crippen LogP contribution >= 0.6 is 0 Å². The zero-order valence-corrected chi connectivity index (χ0v) is 32.3. The molecule has 1 unspecified atom stereocenters. The number of benzene rings is 7. The van der Waals surface area contributed by atoms with Crippen LogP contribution in [0.1, 0.15) is 22.3 Å². The molecule has 10 aromatic rings. The molecule has 59 heavy (non-hydrogen) atoms. The predicted octanol–water partition coefficient (Wildman–Crippen LogP) is 12.1. The first-order valence-corrected chi connectivity index (χ1v) is 21.3. The number of hydrogen-bond donors (Lipinski definition) is 0. The summed E-state index contributed by atoms with van der Waals surface area (Å²) >= 11 is 0. The van der Waals surface area contributed by atoms with Crippen molar-refractivity contribution in [2.75, 3.05) is 0 Å². The molecule has 13 rings (SSSR count). The molecule has 1 aliphatic heterocycles. The first kappa shape index (κ1) is 32.7. The summed E-state index contributed by atoms with van der Waals surface area (Å²) in [4.78, 5) is 10.3. The molecule has 0 bridgehead atoms. The zero-order valence-electron chi connectivity index (χ0n) is 31.5. The van der Waals surface area contributed by atoms with Gasteiger partial charge in [0.1, 0.15) is 11.5 Å². The van der Waals surface area contributed by atoms with E-state index < -0.39 is 15.3 Å². The first-order valence-electron chi connectivity index (χ1n) is 19.8. The molecule has 0 amide bonds. The molecule has 6 heteroatoms. The van der Waals surface area contributed by atoms with Gasteiger partial charge in [-0.3, -0.25) is 4.57 Å². The van der Waals surface area contributed by atoms with E-state index in [-0.39, 0.29) is 0 Å². The third kappa shape index (κ3) is 4.15. The first-order chi connectivity index (χ1) is 29.0. The van der Waals surface area contributed by atoms with Crippen molar-refractivity contribution < 1.29 is 8.42 Å². The summed E-state index contributed by atoms with van der Waals surface area (Å²) in [5.41, 5.74) is 15.8. The van der Waals surface area contributed by atoms with Crippen molar-refractivity contribution in [3.63, 3.8) is 0 Å². The Morgan fingerprint density at radius 3 is 1.78 bits per heavy atom. The van der Waals surface area contributed by atoms with Crippen LogP contribution in [0.3, 0.4) is 0 Å². The number of aromatic nitrogens is 3. The van der Waals surface area contributed by atoms with Gasteiger partial charge in [0.2, 0.25) is 9.84 Å². The van der Waals surface area contributed by atoms with E-state index in [4.69, 9.17) is 9.97 Å². The van der Waals surface area contributed by atoms with E-state index in [0.717, 1.165) is 106 Å². The molecule has 1 spiro atoms. The Bertz CT molecular complexity index is 3590. The topological polar surface area (TPSA) is 64.8 Å². The van der Waals surface area contributed by atoms with Crippen LogP contribution < -0.4 is 0 Å². The number of pyridine rings is 2. The van der Waals surface area contributed by atoms with Crippen molar-refractivity contribution in [3.05, 3.63) is 211 Å². The van der Waals surface area contributed by atoms with Gasteiger partial charge in [-0.1, -0.05) is 115 Å². The van der Waals surface area contributed by atoms with Gasteiger partial charge in [-0.15, -0.1) is 0 Å². The molecule has 0 N–H and O–H groups in total. The molecule has 3 aliphatic rings. The third-order valence-electron chi connectivity index (χ3n) is 12.9. The Balaban J connectivity index is 1.14. The van der Waals surface area contributed by atoms with Crippen molar-refractivity contribution in [1.29, 1.82) is 0 Å². The van der Waals surface area contributed by atoms with Crippen molar-refractivity contribution in [1.82, 2.24) is 14.5 Å². The average Bonchev–Trinajstić information content (AvgIpc) is 3.83. The van der Waals surface area contributed by atoms with Crippen LogP contribution in [-0.2, 0) is 15.3 Å². The van der Waals surface area contributed by atoms with Gasteiger partial charge in [0.25, 0.3) is 0 Å². The van der Waals surface area contributed by atoms with Crippen molar-refractivity contribution in [2.45, 2.75) is 15.2 Å². The Morgan fingerprint density at radius 1 is 0.407 bits per heavy atom. The van der Waals surface area contributed by atoms with E-state index in [2.05, 4.69) is 126 Å². The summed E-state index contributed by atoms with van der Waals surface area (Å²) in [5.74, 6) is 0.818. The Kier molecular flexibility index (Phi) is 6.42. The fourth-order valence-corrected chi connectivity index (χ4v) is 12.2. The smallest absolute Gasteiger partial charge is 0.207 e. The van der Waals surface area contributed by atoms with Gasteiger partial charge in [-0.2, -0.15) is 0 Å². The highest BCUT2D eigenvalue weighted by Crippen LogP contribution is 2.63. The second kappa shape index (κ2) is 11.6. The number of nitrogens with zero attached hydrogens (tertiary/aromatic N) is 3. The van der Waals surface area contributed by atoms with Gasteiger partial charge in [0, 0.05) is 34.3 Å². The lowest BCUT2D eigenvalue weighted by Gasteiger charge is -2.36. The average molecular weight is 774 g/mol. The quantitative estimate of drug-likeness (QED) is 0.175. The fraction of sp³-hybridized carbons (Fsp3) is 0.0189. The summed E-state index contributed by atoms with van der Waals surface area (Å²) in [6.45, 7) is 0. The number of hydrogen-bond acceptors (Lipinski definition) is 4. The maximum absolute atomic E-state index is 14.5. The van der Waals surface area contributed by atoms with Gasteiger partial charge in [0.15, 0.2) is 0 Å². The minimum atomic E-state index is -3.77. The highest BCUT2D eigenvalue weighted by atomic mass is 32.2. The lowest BCUT2D eigenvalue weighted by molar-refractivity contribution is 0.598. The van der Waals surface area contributed by atoms with E-state index in [1.54, 1.807) is 6.07 Å². The largest absolute Gasteiger partial charge is 0.278 e. The minimum absolute atomic E-state index is 0.366. The number of sulfone groups is 1. The van der Waals surface area contributed by atoms with Gasteiger partial charge in [-0.05, 0) is 127 Å². The van der Waals surface area contributed by atoms with Gasteiger partial charge in [-0.25, -0.2) is 18.4 Å². The van der Waals surface area contributed by atoms with Crippen molar-refractivity contribution in [3.8, 4) is 61.5 Å². The van der Waals surface area contributed by atoms with Gasteiger partial charge >= 0.3 is 0 Å². The van der Waals surface area contributed by atoms with Crippen LogP contribution in [0, 0.1) is 0 Å². The zero-order chi connectivity index (χ0) is 39.0. The molecular weight excluding hydrogens is 743 g/mol. The summed E-state index contributed by atoms with van der Waals surface area (Å²) in [5, 5.41) is 2.15. The molecule has 1 atom stereocenters. The number of rotatable bonds is 2. The monoisotopic (exact) mass is 773 g/mol. The molecular formula is C53H31N3O2S. The van der Waals surface area contributed by atoms with Crippen molar-refractivity contribution in [2.24, 2.45) is 0 Å². The Labute approximate surface area is 340 Å². The summed E-state index contributed by atoms with van der Waals surface area (Å²) in [7, 11) is -3.77. The van der Waals surface area contributed by atoms with E-state index in [0.29, 0.717) is 9.79 Å². The fourth-order valence-electron chi connectivity index (χ4n) is 10.5. The van der Waals surface area contributed by atoms with E-state index in [1.807, 2.05) is 60.9 Å². The van der Waals surface area contributed by atoms with Gasteiger partial charge in [0.05, 0.1) is 20.7 Å². The third-order valence-corrected chi connectivity index (χ3v) is 14.8. The Hall–Kier alpha value is -7.41. The van der Waals surface area contributed by atoms with Crippen LogP contribution in [0.25, 0.3) is 83.4 Å². The lowest BCUT2D eigenvalue weighted by atomic mass is 9.65. The summed E-state index contributed by atoms with van der Waals surface area (Å²) in [6.07, 6.45) is 3.65.